The Bertz CT molecular complexity index is 367. The highest BCUT2D eigenvalue weighted by Gasteiger charge is 2.22. The molecule has 2 heteroatoms. The quantitative estimate of drug-likeness (QED) is 0.556. The number of ketones is 1. The maximum absolute atomic E-state index is 11.8. The molecule has 1 aliphatic rings. The molecular formula is C13H14O2. The third-order valence-corrected chi connectivity index (χ3v) is 2.71. The topological polar surface area (TPSA) is 26.3 Å². The number of rotatable bonds is 3. The first-order valence-corrected chi connectivity index (χ1v) is 5.11. The summed E-state index contributed by atoms with van der Waals surface area (Å²) in [7, 11) is 0. The van der Waals surface area contributed by atoms with Crippen molar-refractivity contribution in [3.05, 3.63) is 48.0 Å². The normalized spacial score (nSPS) is 20.5. The molecule has 1 atom stereocenters. The Labute approximate surface area is 89.6 Å². The van der Waals surface area contributed by atoms with Gasteiger partial charge in [0.25, 0.3) is 0 Å². The summed E-state index contributed by atoms with van der Waals surface area (Å²) in [4.78, 5) is 11.8. The maximum atomic E-state index is 11.8. The number of hydrogen-bond acceptors (Lipinski definition) is 2. The van der Waals surface area contributed by atoms with E-state index in [1.165, 1.54) is 0 Å². The molecule has 0 aromatic heterocycles. The first kappa shape index (κ1) is 10.1. The van der Waals surface area contributed by atoms with Crippen molar-refractivity contribution >= 4 is 5.78 Å². The second-order valence-corrected chi connectivity index (χ2v) is 3.86. The Morgan fingerprint density at radius 1 is 1.40 bits per heavy atom. The summed E-state index contributed by atoms with van der Waals surface area (Å²) in [5.41, 5.74) is 1.82. The van der Waals surface area contributed by atoms with E-state index in [1.807, 2.05) is 30.3 Å². The fourth-order valence-corrected chi connectivity index (χ4v) is 1.74. The molecule has 0 spiro atoms. The lowest BCUT2D eigenvalue weighted by Crippen LogP contribution is -2.09. The van der Waals surface area contributed by atoms with Crippen molar-refractivity contribution in [2.75, 3.05) is 13.2 Å². The number of carbonyl (C=O) groups excluding carboxylic acids is 1. The zero-order chi connectivity index (χ0) is 10.7. The Morgan fingerprint density at radius 2 is 2.13 bits per heavy atom. The van der Waals surface area contributed by atoms with Gasteiger partial charge in [-0.3, -0.25) is 4.79 Å². The first-order chi connectivity index (χ1) is 7.27. The van der Waals surface area contributed by atoms with Gasteiger partial charge in [-0.25, -0.2) is 0 Å². The molecule has 1 fully saturated rings. The van der Waals surface area contributed by atoms with E-state index in [4.69, 9.17) is 4.74 Å². The van der Waals surface area contributed by atoms with Crippen molar-refractivity contribution in [1.29, 1.82) is 0 Å². The lowest BCUT2D eigenvalue weighted by atomic mass is 9.95. The van der Waals surface area contributed by atoms with Crippen molar-refractivity contribution in [3.63, 3.8) is 0 Å². The van der Waals surface area contributed by atoms with E-state index in [2.05, 4.69) is 6.58 Å². The number of hydrogen-bond donors (Lipinski definition) is 0. The fraction of sp³-hybridized carbons (Fsp3) is 0.308. The smallest absolute Gasteiger partial charge is 0.163 e. The van der Waals surface area contributed by atoms with Crippen LogP contribution in [-0.4, -0.2) is 19.0 Å². The van der Waals surface area contributed by atoms with Crippen LogP contribution in [0.1, 0.15) is 16.8 Å². The van der Waals surface area contributed by atoms with E-state index in [0.717, 1.165) is 11.1 Å². The van der Waals surface area contributed by atoms with Crippen LogP contribution in [0.4, 0.5) is 0 Å². The minimum atomic E-state index is 0.173. The highest BCUT2D eigenvalue weighted by molar-refractivity contribution is 5.96. The molecule has 0 aliphatic carbocycles. The van der Waals surface area contributed by atoms with Crippen LogP contribution in [-0.2, 0) is 4.74 Å². The number of Topliss-reactive ketones (excluding diaryl/α,β-unsaturated/α-hetero) is 1. The summed E-state index contributed by atoms with van der Waals surface area (Å²) < 4.78 is 5.25. The minimum absolute atomic E-state index is 0.173. The zero-order valence-electron chi connectivity index (χ0n) is 8.61. The van der Waals surface area contributed by atoms with E-state index < -0.39 is 0 Å². The summed E-state index contributed by atoms with van der Waals surface area (Å²) in [5, 5.41) is 0. The van der Waals surface area contributed by atoms with Crippen molar-refractivity contribution < 1.29 is 9.53 Å². The summed E-state index contributed by atoms with van der Waals surface area (Å²) in [5.74, 6) is 0.380. The maximum Gasteiger partial charge on any atom is 0.163 e. The van der Waals surface area contributed by atoms with Gasteiger partial charge >= 0.3 is 0 Å². The van der Waals surface area contributed by atoms with Gasteiger partial charge in [-0.2, -0.15) is 0 Å². The summed E-state index contributed by atoms with van der Waals surface area (Å²) >= 11 is 0. The lowest BCUT2D eigenvalue weighted by Gasteiger charge is -2.07. The Morgan fingerprint density at radius 3 is 2.73 bits per heavy atom. The van der Waals surface area contributed by atoms with Crippen molar-refractivity contribution in [1.82, 2.24) is 0 Å². The molecule has 0 radical (unpaired) electrons. The Kier molecular flexibility index (Phi) is 2.97. The molecule has 15 heavy (non-hydrogen) atoms. The number of ether oxygens (including phenoxy) is 1. The molecular weight excluding hydrogens is 188 g/mol. The molecule has 2 nitrogen and oxygen atoms in total. The molecule has 0 amide bonds. The average Bonchev–Trinajstić information content (AvgIpc) is 2.66. The van der Waals surface area contributed by atoms with Gasteiger partial charge in [-0.05, 0) is 5.57 Å². The van der Waals surface area contributed by atoms with Gasteiger partial charge in [0.2, 0.25) is 0 Å². The molecule has 0 saturated carbocycles. The van der Waals surface area contributed by atoms with Crippen LogP contribution in [0.3, 0.4) is 0 Å². The Balaban J connectivity index is 2.01. The predicted molar refractivity (Wildman–Crippen MR) is 58.8 cm³/mol. The van der Waals surface area contributed by atoms with Gasteiger partial charge in [0.05, 0.1) is 13.2 Å². The molecule has 0 bridgehead atoms. The van der Waals surface area contributed by atoms with Gasteiger partial charge in [-0.1, -0.05) is 36.9 Å². The second-order valence-electron chi connectivity index (χ2n) is 3.86. The lowest BCUT2D eigenvalue weighted by molar-refractivity contribution is 0.0955. The fourth-order valence-electron chi connectivity index (χ4n) is 1.74. The molecule has 0 N–H and O–H groups in total. The Hall–Kier alpha value is -1.41. The van der Waals surface area contributed by atoms with Gasteiger partial charge in [-0.15, -0.1) is 0 Å². The number of benzene rings is 1. The SMILES string of the molecule is C=C1COCC1CC(=O)c1ccccc1. The van der Waals surface area contributed by atoms with Crippen LogP contribution < -0.4 is 0 Å². The van der Waals surface area contributed by atoms with Crippen LogP contribution in [0.2, 0.25) is 0 Å². The van der Waals surface area contributed by atoms with Crippen LogP contribution in [0.5, 0.6) is 0 Å². The molecule has 1 aromatic rings. The van der Waals surface area contributed by atoms with E-state index >= 15 is 0 Å². The van der Waals surface area contributed by atoms with Crippen molar-refractivity contribution in [3.8, 4) is 0 Å². The molecule has 1 saturated heterocycles. The minimum Gasteiger partial charge on any atom is -0.376 e. The van der Waals surface area contributed by atoms with E-state index in [-0.39, 0.29) is 11.7 Å². The molecule has 1 unspecified atom stereocenters. The van der Waals surface area contributed by atoms with E-state index in [1.54, 1.807) is 0 Å². The van der Waals surface area contributed by atoms with E-state index in [9.17, 15) is 4.79 Å². The predicted octanol–water partition coefficient (Wildman–Crippen LogP) is 2.46. The summed E-state index contributed by atoms with van der Waals surface area (Å²) in [6, 6.07) is 9.37. The monoisotopic (exact) mass is 202 g/mol. The van der Waals surface area contributed by atoms with Crippen LogP contribution in [0, 0.1) is 5.92 Å². The highest BCUT2D eigenvalue weighted by atomic mass is 16.5. The zero-order valence-corrected chi connectivity index (χ0v) is 8.61. The van der Waals surface area contributed by atoms with Gasteiger partial charge in [0.15, 0.2) is 5.78 Å². The molecule has 78 valence electrons. The average molecular weight is 202 g/mol. The van der Waals surface area contributed by atoms with Crippen LogP contribution in [0.15, 0.2) is 42.5 Å². The highest BCUT2D eigenvalue weighted by Crippen LogP contribution is 2.23. The molecule has 2 rings (SSSR count). The van der Waals surface area contributed by atoms with Crippen molar-refractivity contribution in [2.24, 2.45) is 5.92 Å². The second kappa shape index (κ2) is 4.41. The third kappa shape index (κ3) is 2.34. The largest absolute Gasteiger partial charge is 0.376 e. The summed E-state index contributed by atoms with van der Waals surface area (Å²) in [6.45, 7) is 5.15. The van der Waals surface area contributed by atoms with Crippen molar-refractivity contribution in [2.45, 2.75) is 6.42 Å². The molecule has 1 aromatic carbocycles. The standard InChI is InChI=1S/C13H14O2/c1-10-8-15-9-12(10)7-13(14)11-5-3-2-4-6-11/h2-6,12H,1,7-9H2. The van der Waals surface area contributed by atoms with E-state index in [0.29, 0.717) is 19.6 Å². The summed E-state index contributed by atoms with van der Waals surface area (Å²) in [6.07, 6.45) is 0.517. The van der Waals surface area contributed by atoms with Gasteiger partial charge < -0.3 is 4.74 Å². The molecule has 1 aliphatic heterocycles. The van der Waals surface area contributed by atoms with Crippen LogP contribution in [0.25, 0.3) is 0 Å². The number of carbonyl (C=O) groups is 1. The third-order valence-electron chi connectivity index (χ3n) is 2.71. The van der Waals surface area contributed by atoms with Crippen LogP contribution >= 0.6 is 0 Å². The first-order valence-electron chi connectivity index (χ1n) is 5.11. The van der Waals surface area contributed by atoms with Gasteiger partial charge in [0, 0.05) is 17.9 Å². The van der Waals surface area contributed by atoms with Gasteiger partial charge in [0.1, 0.15) is 0 Å². The molecule has 1 heterocycles.